The molecule has 160 valence electrons. The number of rotatable bonds is 6. The van der Waals surface area contributed by atoms with Crippen molar-refractivity contribution in [3.05, 3.63) is 111 Å². The summed E-state index contributed by atoms with van der Waals surface area (Å²) in [5.41, 5.74) is 3.58. The van der Waals surface area contributed by atoms with E-state index in [-0.39, 0.29) is 29.2 Å². The van der Waals surface area contributed by atoms with Crippen LogP contribution in [-0.2, 0) is 17.8 Å². The van der Waals surface area contributed by atoms with E-state index >= 15 is 0 Å². The van der Waals surface area contributed by atoms with Gasteiger partial charge in [0.2, 0.25) is 11.3 Å². The molecule has 0 bridgehead atoms. The Morgan fingerprint density at radius 1 is 0.938 bits per heavy atom. The number of hydrogen-bond donors (Lipinski definition) is 1. The van der Waals surface area contributed by atoms with E-state index in [4.69, 9.17) is 0 Å². The molecule has 1 N–H and O–H groups in total. The predicted molar refractivity (Wildman–Crippen MR) is 127 cm³/mol. The van der Waals surface area contributed by atoms with Gasteiger partial charge in [-0.1, -0.05) is 61.0 Å². The number of nitrogens with zero attached hydrogens (tertiary/aromatic N) is 1. The van der Waals surface area contributed by atoms with Crippen molar-refractivity contribution in [1.29, 1.82) is 0 Å². The Balaban J connectivity index is 1.77. The minimum atomic E-state index is -0.355. The molecule has 0 saturated heterocycles. The average molecular weight is 425 g/mol. The lowest BCUT2D eigenvalue weighted by atomic mass is 10.0. The minimum absolute atomic E-state index is 0.0226. The Morgan fingerprint density at radius 2 is 1.66 bits per heavy atom. The first kappa shape index (κ1) is 21.2. The van der Waals surface area contributed by atoms with Gasteiger partial charge in [0.1, 0.15) is 6.54 Å². The number of benzene rings is 3. The highest BCUT2D eigenvalue weighted by atomic mass is 16.2. The van der Waals surface area contributed by atoms with Gasteiger partial charge >= 0.3 is 0 Å². The van der Waals surface area contributed by atoms with Gasteiger partial charge in [-0.15, -0.1) is 0 Å². The number of carbonyl (C=O) groups is 2. The molecule has 0 aliphatic carbocycles. The number of ketones is 1. The van der Waals surface area contributed by atoms with Gasteiger partial charge in [0, 0.05) is 22.8 Å². The van der Waals surface area contributed by atoms with Gasteiger partial charge in [0.05, 0.1) is 11.1 Å². The SMILES string of the molecule is CCc1ccc2c(c1)c(=O)c(C(=O)c1ccccc1)cn2CC(=O)Nc1ccc(C)cc1. The molecule has 0 aliphatic rings. The van der Waals surface area contributed by atoms with Crippen molar-refractivity contribution in [3.8, 4) is 0 Å². The third-order valence-electron chi connectivity index (χ3n) is 5.48. The topological polar surface area (TPSA) is 68.2 Å². The third kappa shape index (κ3) is 4.37. The molecule has 0 unspecified atom stereocenters. The first-order valence-electron chi connectivity index (χ1n) is 10.6. The molecule has 0 aliphatic heterocycles. The number of pyridine rings is 1. The summed E-state index contributed by atoms with van der Waals surface area (Å²) in [5, 5.41) is 3.32. The summed E-state index contributed by atoms with van der Waals surface area (Å²) in [5.74, 6) is -0.594. The molecule has 1 aromatic heterocycles. The highest BCUT2D eigenvalue weighted by Crippen LogP contribution is 2.18. The quantitative estimate of drug-likeness (QED) is 0.455. The number of hydrogen-bond acceptors (Lipinski definition) is 3. The summed E-state index contributed by atoms with van der Waals surface area (Å²) >= 11 is 0. The zero-order chi connectivity index (χ0) is 22.7. The number of nitrogens with one attached hydrogen (secondary N) is 1. The number of fused-ring (bicyclic) bond motifs is 1. The van der Waals surface area contributed by atoms with Crippen LogP contribution in [0, 0.1) is 6.92 Å². The molecule has 3 aromatic carbocycles. The van der Waals surface area contributed by atoms with Gasteiger partial charge in [-0.3, -0.25) is 14.4 Å². The fraction of sp³-hybridized carbons (Fsp3) is 0.148. The van der Waals surface area contributed by atoms with E-state index in [1.165, 1.54) is 6.20 Å². The molecule has 4 aromatic rings. The summed E-state index contributed by atoms with van der Waals surface area (Å²) in [6.45, 7) is 3.97. The second-order valence-electron chi connectivity index (χ2n) is 7.81. The maximum atomic E-state index is 13.2. The number of anilines is 1. The van der Waals surface area contributed by atoms with Crippen LogP contribution in [0.1, 0.15) is 34.0 Å². The van der Waals surface area contributed by atoms with Crippen LogP contribution in [0.25, 0.3) is 10.9 Å². The molecule has 0 radical (unpaired) electrons. The molecule has 0 atom stereocenters. The van der Waals surface area contributed by atoms with Crippen molar-refractivity contribution in [2.75, 3.05) is 5.32 Å². The lowest BCUT2D eigenvalue weighted by molar-refractivity contribution is -0.116. The predicted octanol–water partition coefficient (Wildman–Crippen LogP) is 4.74. The fourth-order valence-corrected chi connectivity index (χ4v) is 3.69. The Labute approximate surface area is 186 Å². The zero-order valence-corrected chi connectivity index (χ0v) is 18.1. The third-order valence-corrected chi connectivity index (χ3v) is 5.48. The molecule has 5 nitrogen and oxygen atoms in total. The first-order chi connectivity index (χ1) is 15.5. The smallest absolute Gasteiger partial charge is 0.244 e. The second kappa shape index (κ2) is 9.02. The van der Waals surface area contributed by atoms with E-state index < -0.39 is 0 Å². The van der Waals surface area contributed by atoms with Crippen LogP contribution in [0.15, 0.2) is 83.8 Å². The van der Waals surface area contributed by atoms with Crippen molar-refractivity contribution in [2.24, 2.45) is 0 Å². The maximum absolute atomic E-state index is 13.2. The number of amides is 1. The van der Waals surface area contributed by atoms with E-state index in [0.29, 0.717) is 22.2 Å². The summed E-state index contributed by atoms with van der Waals surface area (Å²) in [4.78, 5) is 39.1. The minimum Gasteiger partial charge on any atom is -0.337 e. The molecule has 0 fully saturated rings. The molecule has 1 amide bonds. The first-order valence-corrected chi connectivity index (χ1v) is 10.6. The standard InChI is InChI=1S/C27H24N2O3/c1-3-19-11-14-24-22(15-19)27(32)23(26(31)20-7-5-4-6-8-20)16-29(24)17-25(30)28-21-12-9-18(2)10-13-21/h4-16H,3,17H2,1-2H3,(H,28,30). The van der Waals surface area contributed by atoms with E-state index in [1.807, 2.05) is 62.4 Å². The summed E-state index contributed by atoms with van der Waals surface area (Å²) in [6, 6.07) is 21.8. The van der Waals surface area contributed by atoms with Crippen LogP contribution < -0.4 is 10.7 Å². The summed E-state index contributed by atoms with van der Waals surface area (Å²) in [6.07, 6.45) is 2.26. The highest BCUT2D eigenvalue weighted by Gasteiger charge is 2.18. The van der Waals surface area contributed by atoms with E-state index in [0.717, 1.165) is 17.5 Å². The average Bonchev–Trinajstić information content (AvgIpc) is 2.82. The van der Waals surface area contributed by atoms with Gasteiger partial charge in [-0.05, 0) is 43.2 Å². The molecular weight excluding hydrogens is 400 g/mol. The number of aryl methyl sites for hydroxylation is 2. The Morgan fingerprint density at radius 3 is 2.34 bits per heavy atom. The van der Waals surface area contributed by atoms with Crippen LogP contribution >= 0.6 is 0 Å². The lowest BCUT2D eigenvalue weighted by Gasteiger charge is -2.14. The molecule has 32 heavy (non-hydrogen) atoms. The van der Waals surface area contributed by atoms with Crippen molar-refractivity contribution in [3.63, 3.8) is 0 Å². The van der Waals surface area contributed by atoms with Crippen molar-refractivity contribution >= 4 is 28.3 Å². The van der Waals surface area contributed by atoms with Gasteiger partial charge in [-0.25, -0.2) is 0 Å². The molecule has 5 heteroatoms. The van der Waals surface area contributed by atoms with Crippen molar-refractivity contribution < 1.29 is 9.59 Å². The number of carbonyl (C=O) groups excluding carboxylic acids is 2. The van der Waals surface area contributed by atoms with Crippen LogP contribution in [0.3, 0.4) is 0 Å². The van der Waals surface area contributed by atoms with Gasteiger partial charge in [-0.2, -0.15) is 0 Å². The largest absolute Gasteiger partial charge is 0.337 e. The Kier molecular flexibility index (Phi) is 5.99. The van der Waals surface area contributed by atoms with Crippen molar-refractivity contribution in [2.45, 2.75) is 26.8 Å². The molecule has 1 heterocycles. The van der Waals surface area contributed by atoms with Gasteiger partial charge < -0.3 is 9.88 Å². The normalized spacial score (nSPS) is 10.8. The maximum Gasteiger partial charge on any atom is 0.244 e. The van der Waals surface area contributed by atoms with E-state index in [9.17, 15) is 14.4 Å². The molecular formula is C27H24N2O3. The molecule has 0 saturated carbocycles. The van der Waals surface area contributed by atoms with Crippen LogP contribution in [-0.4, -0.2) is 16.3 Å². The van der Waals surface area contributed by atoms with Gasteiger partial charge in [0.25, 0.3) is 0 Å². The summed E-state index contributed by atoms with van der Waals surface area (Å²) < 4.78 is 1.68. The highest BCUT2D eigenvalue weighted by molar-refractivity contribution is 6.10. The Bertz CT molecular complexity index is 1350. The number of aromatic nitrogens is 1. The van der Waals surface area contributed by atoms with Crippen molar-refractivity contribution in [1.82, 2.24) is 4.57 Å². The van der Waals surface area contributed by atoms with Gasteiger partial charge in [0.15, 0.2) is 5.78 Å². The molecule has 0 spiro atoms. The zero-order valence-electron chi connectivity index (χ0n) is 18.1. The van der Waals surface area contributed by atoms with Crippen LogP contribution in [0.2, 0.25) is 0 Å². The van der Waals surface area contributed by atoms with Crippen LogP contribution in [0.4, 0.5) is 5.69 Å². The fourth-order valence-electron chi connectivity index (χ4n) is 3.69. The molecule has 4 rings (SSSR count). The summed E-state index contributed by atoms with van der Waals surface area (Å²) in [7, 11) is 0. The van der Waals surface area contributed by atoms with Crippen LogP contribution in [0.5, 0.6) is 0 Å². The second-order valence-corrected chi connectivity index (χ2v) is 7.81. The Hall–Kier alpha value is -3.99. The lowest BCUT2D eigenvalue weighted by Crippen LogP contribution is -2.24. The monoisotopic (exact) mass is 424 g/mol. The van der Waals surface area contributed by atoms with E-state index in [2.05, 4.69) is 5.32 Å². The van der Waals surface area contributed by atoms with E-state index in [1.54, 1.807) is 28.8 Å².